The molecular weight excluding hydrogens is 354 g/mol. The topological polar surface area (TPSA) is 70.6 Å². The van der Waals surface area contributed by atoms with Gasteiger partial charge in [0.1, 0.15) is 12.4 Å². The highest BCUT2D eigenvalue weighted by Crippen LogP contribution is 2.30. The quantitative estimate of drug-likeness (QED) is 0.873. The number of nitrogens with zero attached hydrogens (tertiary/aromatic N) is 4. The molecule has 1 saturated carbocycles. The van der Waals surface area contributed by atoms with Crippen molar-refractivity contribution in [3.05, 3.63) is 24.5 Å². The van der Waals surface area contributed by atoms with Crippen LogP contribution < -0.4 is 15.0 Å². The zero-order valence-electron chi connectivity index (χ0n) is 16.1. The fraction of sp³-hybridized carbons (Fsp3) is 0.571. The zero-order chi connectivity index (χ0) is 18.9. The lowest BCUT2D eigenvalue weighted by Gasteiger charge is -2.38. The third-order valence-corrected chi connectivity index (χ3v) is 6.30. The molecule has 1 aromatic heterocycles. The second kappa shape index (κ2) is 7.54. The highest BCUT2D eigenvalue weighted by molar-refractivity contribution is 5.87. The minimum absolute atomic E-state index is 0.0542. The first-order chi connectivity index (χ1) is 13.8. The summed E-state index contributed by atoms with van der Waals surface area (Å²) in [5, 5.41) is 3.93. The van der Waals surface area contributed by atoms with Crippen molar-refractivity contribution < 1.29 is 9.53 Å². The SMILES string of the molecule is O=C1NCCC1N1CCN(c2ccc3ncnc(OC4CCCC4)c3c2)CC1. The van der Waals surface area contributed by atoms with Crippen molar-refractivity contribution in [2.75, 3.05) is 37.6 Å². The molecule has 0 radical (unpaired) electrons. The van der Waals surface area contributed by atoms with E-state index in [1.54, 1.807) is 6.33 Å². The largest absolute Gasteiger partial charge is 0.474 e. The molecule has 2 aliphatic heterocycles. The highest BCUT2D eigenvalue weighted by atomic mass is 16.5. The number of rotatable bonds is 4. The van der Waals surface area contributed by atoms with Crippen molar-refractivity contribution >= 4 is 22.5 Å². The Morgan fingerprint density at radius 1 is 1.04 bits per heavy atom. The average molecular weight is 381 g/mol. The van der Waals surface area contributed by atoms with Gasteiger partial charge in [0.05, 0.1) is 16.9 Å². The summed E-state index contributed by atoms with van der Waals surface area (Å²) in [7, 11) is 0. The molecule has 28 heavy (non-hydrogen) atoms. The Hall–Kier alpha value is -2.41. The molecule has 2 saturated heterocycles. The minimum Gasteiger partial charge on any atom is -0.474 e. The van der Waals surface area contributed by atoms with E-state index in [1.165, 1.54) is 18.5 Å². The summed E-state index contributed by atoms with van der Waals surface area (Å²) in [6.45, 7) is 4.46. The molecule has 1 aliphatic carbocycles. The van der Waals surface area contributed by atoms with Crippen LogP contribution in [0.15, 0.2) is 24.5 Å². The van der Waals surface area contributed by atoms with Gasteiger partial charge in [-0.2, -0.15) is 0 Å². The summed E-state index contributed by atoms with van der Waals surface area (Å²) in [6.07, 6.45) is 7.50. The molecular formula is C21H27N5O2. The molecule has 0 spiro atoms. The van der Waals surface area contributed by atoms with Gasteiger partial charge >= 0.3 is 0 Å². The van der Waals surface area contributed by atoms with Gasteiger partial charge in [-0.3, -0.25) is 9.69 Å². The van der Waals surface area contributed by atoms with Gasteiger partial charge in [-0.05, 0) is 50.3 Å². The number of hydrogen-bond donors (Lipinski definition) is 1. The Kier molecular flexibility index (Phi) is 4.76. The second-order valence-corrected chi connectivity index (χ2v) is 8.02. The van der Waals surface area contributed by atoms with E-state index in [0.717, 1.165) is 62.9 Å². The van der Waals surface area contributed by atoms with Gasteiger partial charge in [0.2, 0.25) is 11.8 Å². The lowest BCUT2D eigenvalue weighted by atomic mass is 10.1. The third-order valence-electron chi connectivity index (χ3n) is 6.30. The van der Waals surface area contributed by atoms with E-state index in [0.29, 0.717) is 5.88 Å². The van der Waals surface area contributed by atoms with Crippen molar-refractivity contribution in [1.82, 2.24) is 20.2 Å². The number of hydrogen-bond acceptors (Lipinski definition) is 6. The number of fused-ring (bicyclic) bond motifs is 1. The van der Waals surface area contributed by atoms with Crippen LogP contribution >= 0.6 is 0 Å². The summed E-state index contributed by atoms with van der Waals surface area (Å²) < 4.78 is 6.20. The van der Waals surface area contributed by atoms with Crippen LogP contribution in [0.5, 0.6) is 5.88 Å². The molecule has 2 aromatic rings. The van der Waals surface area contributed by atoms with Gasteiger partial charge in [-0.25, -0.2) is 9.97 Å². The smallest absolute Gasteiger partial charge is 0.237 e. The van der Waals surface area contributed by atoms with E-state index in [-0.39, 0.29) is 18.1 Å². The molecule has 3 fully saturated rings. The van der Waals surface area contributed by atoms with Crippen molar-refractivity contribution in [1.29, 1.82) is 0 Å². The Morgan fingerprint density at radius 2 is 1.86 bits per heavy atom. The number of piperazine rings is 1. The maximum atomic E-state index is 12.0. The maximum absolute atomic E-state index is 12.0. The van der Waals surface area contributed by atoms with Gasteiger partial charge in [0, 0.05) is 38.4 Å². The summed E-state index contributed by atoms with van der Waals surface area (Å²) in [5.74, 6) is 0.894. The average Bonchev–Trinajstić information content (AvgIpc) is 3.40. The molecule has 3 heterocycles. The van der Waals surface area contributed by atoms with Crippen molar-refractivity contribution in [2.45, 2.75) is 44.2 Å². The summed E-state index contributed by atoms with van der Waals surface area (Å²) in [4.78, 5) is 25.5. The molecule has 1 amide bonds. The second-order valence-electron chi connectivity index (χ2n) is 8.02. The standard InChI is InChI=1S/C21H27N5O2/c27-20-19(7-8-22-20)26-11-9-25(10-12-26)15-5-6-18-17(13-15)21(24-14-23-18)28-16-3-1-2-4-16/h5-6,13-14,16,19H,1-4,7-12H2,(H,22,27). The predicted molar refractivity (Wildman–Crippen MR) is 108 cm³/mol. The van der Waals surface area contributed by atoms with Crippen molar-refractivity contribution in [3.63, 3.8) is 0 Å². The number of carbonyl (C=O) groups excluding carboxylic acids is 1. The number of ether oxygens (including phenoxy) is 1. The number of aromatic nitrogens is 2. The first-order valence-electron chi connectivity index (χ1n) is 10.5. The number of anilines is 1. The molecule has 7 heteroatoms. The summed E-state index contributed by atoms with van der Waals surface area (Å²) in [6, 6.07) is 6.41. The van der Waals surface area contributed by atoms with Crippen LogP contribution in [0.3, 0.4) is 0 Å². The Labute approximate surface area is 165 Å². The van der Waals surface area contributed by atoms with E-state index >= 15 is 0 Å². The molecule has 3 aliphatic rings. The van der Waals surface area contributed by atoms with Crippen LogP contribution in [0, 0.1) is 0 Å². The lowest BCUT2D eigenvalue weighted by Crippen LogP contribution is -2.52. The number of benzene rings is 1. The van der Waals surface area contributed by atoms with E-state index in [1.807, 2.05) is 0 Å². The molecule has 1 N–H and O–H groups in total. The summed E-state index contributed by atoms with van der Waals surface area (Å²) >= 11 is 0. The molecule has 1 atom stereocenters. The maximum Gasteiger partial charge on any atom is 0.237 e. The van der Waals surface area contributed by atoms with Crippen LogP contribution in [-0.2, 0) is 4.79 Å². The molecule has 5 rings (SSSR count). The molecule has 0 bridgehead atoms. The molecule has 1 unspecified atom stereocenters. The van der Waals surface area contributed by atoms with Crippen molar-refractivity contribution in [3.8, 4) is 5.88 Å². The van der Waals surface area contributed by atoms with Crippen LogP contribution in [-0.4, -0.2) is 65.6 Å². The zero-order valence-corrected chi connectivity index (χ0v) is 16.1. The Balaban J connectivity index is 1.32. The van der Waals surface area contributed by atoms with Crippen LogP contribution in [0.4, 0.5) is 5.69 Å². The van der Waals surface area contributed by atoms with Gasteiger partial charge in [0.15, 0.2) is 0 Å². The number of carbonyl (C=O) groups is 1. The van der Waals surface area contributed by atoms with Gasteiger partial charge in [-0.15, -0.1) is 0 Å². The van der Waals surface area contributed by atoms with Crippen LogP contribution in [0.25, 0.3) is 10.9 Å². The van der Waals surface area contributed by atoms with E-state index < -0.39 is 0 Å². The van der Waals surface area contributed by atoms with E-state index in [9.17, 15) is 4.79 Å². The fourth-order valence-corrected chi connectivity index (χ4v) is 4.70. The van der Waals surface area contributed by atoms with Crippen molar-refractivity contribution in [2.24, 2.45) is 0 Å². The first kappa shape index (κ1) is 17.7. The first-order valence-corrected chi connectivity index (χ1v) is 10.5. The molecule has 148 valence electrons. The summed E-state index contributed by atoms with van der Waals surface area (Å²) in [5.41, 5.74) is 2.10. The Morgan fingerprint density at radius 3 is 2.61 bits per heavy atom. The predicted octanol–water partition coefficient (Wildman–Crippen LogP) is 1.96. The molecule has 1 aromatic carbocycles. The Bertz CT molecular complexity index is 859. The van der Waals surface area contributed by atoms with Gasteiger partial charge in [-0.1, -0.05) is 0 Å². The highest BCUT2D eigenvalue weighted by Gasteiger charge is 2.32. The number of amides is 1. The minimum atomic E-state index is 0.0542. The monoisotopic (exact) mass is 381 g/mol. The van der Waals surface area contributed by atoms with Gasteiger partial charge < -0.3 is 15.0 Å². The number of nitrogens with one attached hydrogen (secondary N) is 1. The van der Waals surface area contributed by atoms with E-state index in [4.69, 9.17) is 4.74 Å². The molecule has 7 nitrogen and oxygen atoms in total. The van der Waals surface area contributed by atoms with E-state index in [2.05, 4.69) is 43.3 Å². The lowest BCUT2D eigenvalue weighted by molar-refractivity contribution is -0.123. The van der Waals surface area contributed by atoms with Crippen LogP contribution in [0.1, 0.15) is 32.1 Å². The van der Waals surface area contributed by atoms with Gasteiger partial charge in [0.25, 0.3) is 0 Å². The normalized spacial score (nSPS) is 24.1. The third kappa shape index (κ3) is 3.39. The fourth-order valence-electron chi connectivity index (χ4n) is 4.70. The van der Waals surface area contributed by atoms with Crippen LogP contribution in [0.2, 0.25) is 0 Å².